The summed E-state index contributed by atoms with van der Waals surface area (Å²) in [5.74, 6) is 0.170. The summed E-state index contributed by atoms with van der Waals surface area (Å²) in [6, 6.07) is 10.2. The molecule has 15 heteroatoms. The number of nitrogens with zero attached hydrogens (tertiary/aromatic N) is 6. The Labute approximate surface area is 215 Å². The molecule has 2 aromatic heterocycles. The van der Waals surface area contributed by atoms with E-state index in [1.807, 2.05) is 32.2 Å². The van der Waals surface area contributed by atoms with Gasteiger partial charge in [0.15, 0.2) is 0 Å². The second-order valence-electron chi connectivity index (χ2n) is 8.16. The number of amides is 2. The molecule has 1 unspecified atom stereocenters. The van der Waals surface area contributed by atoms with E-state index in [0.717, 1.165) is 33.3 Å². The molecule has 4 rings (SSSR count). The van der Waals surface area contributed by atoms with Gasteiger partial charge in [-0.1, -0.05) is 6.07 Å². The smallest absolute Gasteiger partial charge is 0.339 e. The van der Waals surface area contributed by atoms with E-state index in [9.17, 15) is 22.0 Å². The van der Waals surface area contributed by atoms with Gasteiger partial charge in [0.2, 0.25) is 16.0 Å². The molecule has 4 aromatic rings. The molecule has 2 aromatic carbocycles. The van der Waals surface area contributed by atoms with Crippen molar-refractivity contribution in [3.63, 3.8) is 0 Å². The molecule has 194 valence electrons. The highest BCUT2D eigenvalue weighted by Gasteiger charge is 2.24. The first-order chi connectivity index (χ1) is 17.4. The van der Waals surface area contributed by atoms with Gasteiger partial charge in [0, 0.05) is 48.3 Å². The Morgan fingerprint density at radius 2 is 1.84 bits per heavy atom. The second kappa shape index (κ2) is 9.85. The Morgan fingerprint density at radius 1 is 1.14 bits per heavy atom. The van der Waals surface area contributed by atoms with Crippen LogP contribution in [0.2, 0.25) is 0 Å². The van der Waals surface area contributed by atoms with Crippen LogP contribution in [0.4, 0.5) is 27.9 Å². The van der Waals surface area contributed by atoms with Crippen LogP contribution in [-0.4, -0.2) is 50.0 Å². The van der Waals surface area contributed by atoms with E-state index < -0.39 is 27.3 Å². The van der Waals surface area contributed by atoms with Crippen molar-refractivity contribution >= 4 is 61.4 Å². The molecular formula is C22H23N8O5S2-. The van der Waals surface area contributed by atoms with E-state index in [0.29, 0.717) is 11.4 Å². The van der Waals surface area contributed by atoms with E-state index in [4.69, 9.17) is 5.14 Å². The average molecular weight is 544 g/mol. The Hall–Kier alpha value is -3.92. The highest BCUT2D eigenvalue weighted by Crippen LogP contribution is 2.30. The maximum Gasteiger partial charge on any atom is 0.339 e. The fourth-order valence-electron chi connectivity index (χ4n) is 3.77. The van der Waals surface area contributed by atoms with Crippen molar-refractivity contribution < 1.29 is 22.0 Å². The molecule has 2 amide bonds. The lowest BCUT2D eigenvalue weighted by atomic mass is 10.2. The minimum Gasteiger partial charge on any atom is -0.755 e. The fraction of sp³-hybridized carbons (Fsp3) is 0.182. The van der Waals surface area contributed by atoms with Gasteiger partial charge < -0.3 is 9.45 Å². The lowest BCUT2D eigenvalue weighted by Crippen LogP contribution is -2.39. The quantitative estimate of drug-likeness (QED) is 0.344. The highest BCUT2D eigenvalue weighted by atomic mass is 32.2. The molecule has 0 aliphatic rings. The number of carbonyl (C=O) groups excluding carboxylic acids is 1. The first kappa shape index (κ1) is 26.2. The molecule has 0 bridgehead atoms. The van der Waals surface area contributed by atoms with Gasteiger partial charge in [-0.3, -0.25) is 13.6 Å². The molecule has 0 fully saturated rings. The lowest BCUT2D eigenvalue weighted by Gasteiger charge is -2.24. The number of urea groups is 1. The Balaban J connectivity index is 1.79. The van der Waals surface area contributed by atoms with Crippen molar-refractivity contribution in [2.75, 3.05) is 16.8 Å². The molecule has 0 saturated carbocycles. The van der Waals surface area contributed by atoms with Gasteiger partial charge in [0.25, 0.3) is 0 Å². The summed E-state index contributed by atoms with van der Waals surface area (Å²) in [4.78, 5) is 23.8. The molecule has 2 heterocycles. The monoisotopic (exact) mass is 543 g/mol. The number of fused-ring (bicyclic) bond motifs is 1. The number of sulfonamides is 1. The average Bonchev–Trinajstić information content (AvgIpc) is 3.11. The van der Waals surface area contributed by atoms with Crippen LogP contribution in [0.3, 0.4) is 0 Å². The van der Waals surface area contributed by atoms with Crippen molar-refractivity contribution in [2.24, 2.45) is 12.2 Å². The zero-order valence-electron chi connectivity index (χ0n) is 20.2. The van der Waals surface area contributed by atoms with Gasteiger partial charge in [-0.25, -0.2) is 28.2 Å². The van der Waals surface area contributed by atoms with Crippen LogP contribution < -0.4 is 19.7 Å². The number of nitrogens with one attached hydrogen (secondary N) is 1. The minimum absolute atomic E-state index is 0.0113. The van der Waals surface area contributed by atoms with E-state index in [2.05, 4.69) is 15.1 Å². The number of carbonyl (C=O) groups is 1. The Morgan fingerprint density at radius 3 is 2.51 bits per heavy atom. The van der Waals surface area contributed by atoms with Gasteiger partial charge >= 0.3 is 6.03 Å². The minimum atomic E-state index is -4.13. The molecule has 13 nitrogen and oxygen atoms in total. The summed E-state index contributed by atoms with van der Waals surface area (Å²) in [5.41, 5.74) is 2.88. The topological polar surface area (TPSA) is 179 Å². The first-order valence-corrected chi connectivity index (χ1v) is 13.3. The Bertz CT molecular complexity index is 1650. The number of primary sulfonamides is 1. The molecule has 0 aliphatic heterocycles. The van der Waals surface area contributed by atoms with Gasteiger partial charge in [-0.15, -0.1) is 0 Å². The summed E-state index contributed by atoms with van der Waals surface area (Å²) in [7, 11) is -0.522. The van der Waals surface area contributed by atoms with Crippen LogP contribution >= 0.6 is 0 Å². The number of rotatable bonds is 6. The van der Waals surface area contributed by atoms with Crippen LogP contribution in [0, 0.1) is 13.8 Å². The van der Waals surface area contributed by atoms with Crippen molar-refractivity contribution in [1.82, 2.24) is 24.5 Å². The number of nitrogens with two attached hydrogens (primary N) is 1. The van der Waals surface area contributed by atoms with Gasteiger partial charge in [-0.2, -0.15) is 10.1 Å². The van der Waals surface area contributed by atoms with Crippen LogP contribution in [-0.2, 0) is 28.3 Å². The molecular weight excluding hydrogens is 520 g/mol. The van der Waals surface area contributed by atoms with Crippen molar-refractivity contribution in [1.29, 1.82) is 0 Å². The normalized spacial score (nSPS) is 12.4. The predicted octanol–water partition coefficient (Wildman–Crippen LogP) is 2.04. The molecule has 1 atom stereocenters. The van der Waals surface area contributed by atoms with E-state index in [1.54, 1.807) is 27.4 Å². The zero-order chi connectivity index (χ0) is 27.1. The number of anilines is 4. The number of hydrogen-bond donors (Lipinski definition) is 2. The molecule has 0 radical (unpaired) electrons. The summed E-state index contributed by atoms with van der Waals surface area (Å²) in [5, 5.41) is 10.8. The third kappa shape index (κ3) is 5.29. The SMILES string of the molecule is Cc1ccc(N(C(=O)NS(=O)[O-])c2nccc(N(C)c3ccc4c(C)n(C)nc4c3)n2)cc1S(N)(=O)=O. The second-order valence-corrected chi connectivity index (χ2v) is 10.4. The van der Waals surface area contributed by atoms with Gasteiger partial charge in [0.05, 0.1) is 16.1 Å². The van der Waals surface area contributed by atoms with Crippen LogP contribution in [0.1, 0.15) is 11.3 Å². The van der Waals surface area contributed by atoms with Crippen LogP contribution in [0.15, 0.2) is 53.6 Å². The zero-order valence-corrected chi connectivity index (χ0v) is 21.9. The summed E-state index contributed by atoms with van der Waals surface area (Å²) in [6.45, 7) is 3.50. The lowest BCUT2D eigenvalue weighted by molar-refractivity contribution is 0.252. The number of aromatic nitrogens is 4. The third-order valence-electron chi connectivity index (χ3n) is 5.78. The highest BCUT2D eigenvalue weighted by molar-refractivity contribution is 7.89. The van der Waals surface area contributed by atoms with Crippen molar-refractivity contribution in [2.45, 2.75) is 18.7 Å². The molecule has 0 spiro atoms. The number of aryl methyl sites for hydroxylation is 3. The molecule has 0 saturated heterocycles. The largest absolute Gasteiger partial charge is 0.755 e. The van der Waals surface area contributed by atoms with Gasteiger partial charge in [0.1, 0.15) is 5.82 Å². The molecule has 37 heavy (non-hydrogen) atoms. The van der Waals surface area contributed by atoms with Gasteiger partial charge in [-0.05, 0) is 55.8 Å². The number of hydrogen-bond acceptors (Lipinski definition) is 9. The summed E-state index contributed by atoms with van der Waals surface area (Å²) < 4.78 is 50.0. The van der Waals surface area contributed by atoms with Crippen molar-refractivity contribution in [3.05, 3.63) is 59.9 Å². The first-order valence-electron chi connectivity index (χ1n) is 10.7. The predicted molar refractivity (Wildman–Crippen MR) is 138 cm³/mol. The van der Waals surface area contributed by atoms with E-state index in [1.165, 1.54) is 25.3 Å². The standard InChI is InChI=1S/C22H24N8O5S2/c1-13-5-6-16(12-19(13)37(23,34)35)30(22(31)27-36(32)33)21-24-10-9-20(25-21)28(3)15-7-8-17-14(2)29(4)26-18(17)11-15/h5-12H,1-4H3,(H,27,31)(H,32,33)(H2,23,34,35)/p-1. The van der Waals surface area contributed by atoms with Crippen LogP contribution in [0.25, 0.3) is 10.9 Å². The molecule has 0 aliphatic carbocycles. The Kier molecular flexibility index (Phi) is 6.96. The summed E-state index contributed by atoms with van der Waals surface area (Å²) in [6.07, 6.45) is 1.39. The van der Waals surface area contributed by atoms with E-state index >= 15 is 0 Å². The number of benzene rings is 2. The van der Waals surface area contributed by atoms with Crippen molar-refractivity contribution in [3.8, 4) is 0 Å². The van der Waals surface area contributed by atoms with Crippen LogP contribution in [0.5, 0.6) is 0 Å². The maximum absolute atomic E-state index is 12.9. The van der Waals surface area contributed by atoms with E-state index in [-0.39, 0.29) is 16.5 Å². The fourth-order valence-corrected chi connectivity index (χ4v) is 4.80. The summed E-state index contributed by atoms with van der Waals surface area (Å²) >= 11 is -2.96. The maximum atomic E-state index is 12.9. The molecule has 3 N–H and O–H groups in total. The third-order valence-corrected chi connectivity index (χ3v) is 7.18.